The van der Waals surface area contributed by atoms with Crippen LogP contribution in [0.15, 0.2) is 28.5 Å². The van der Waals surface area contributed by atoms with Crippen molar-refractivity contribution in [1.29, 1.82) is 0 Å². The second-order valence-corrected chi connectivity index (χ2v) is 7.10. The molecule has 2 rings (SSSR count). The number of hydrogen-bond donors (Lipinski definition) is 2. The van der Waals surface area contributed by atoms with Crippen LogP contribution in [0.25, 0.3) is 0 Å². The number of halogens is 3. The van der Waals surface area contributed by atoms with E-state index in [1.165, 1.54) is 11.4 Å². The van der Waals surface area contributed by atoms with E-state index in [0.29, 0.717) is 0 Å². The SMILES string of the molecule is O=C(O)c1sccc1NS(=O)(=O)c1ccc(Cl)c(F)c1Cl. The molecule has 1 aromatic carbocycles. The van der Waals surface area contributed by atoms with Crippen LogP contribution in [0.2, 0.25) is 10.0 Å². The molecule has 0 atom stereocenters. The van der Waals surface area contributed by atoms with E-state index in [0.717, 1.165) is 23.5 Å². The van der Waals surface area contributed by atoms with Crippen molar-refractivity contribution >= 4 is 56.2 Å². The summed E-state index contributed by atoms with van der Waals surface area (Å²) in [5.41, 5.74) is -0.126. The van der Waals surface area contributed by atoms with Crippen molar-refractivity contribution in [3.05, 3.63) is 44.3 Å². The van der Waals surface area contributed by atoms with Crippen molar-refractivity contribution < 1.29 is 22.7 Å². The Morgan fingerprint density at radius 3 is 2.57 bits per heavy atom. The summed E-state index contributed by atoms with van der Waals surface area (Å²) >= 11 is 12.0. The number of nitrogens with one attached hydrogen (secondary N) is 1. The number of hydrogen-bond acceptors (Lipinski definition) is 4. The maximum absolute atomic E-state index is 13.6. The van der Waals surface area contributed by atoms with Gasteiger partial charge in [0, 0.05) is 0 Å². The second kappa shape index (κ2) is 5.80. The molecule has 0 saturated heterocycles. The van der Waals surface area contributed by atoms with Crippen molar-refractivity contribution in [2.75, 3.05) is 4.72 Å². The highest BCUT2D eigenvalue weighted by Gasteiger charge is 2.24. The number of carboxylic acids is 1. The molecule has 0 aliphatic heterocycles. The molecule has 21 heavy (non-hydrogen) atoms. The van der Waals surface area contributed by atoms with Gasteiger partial charge >= 0.3 is 5.97 Å². The molecule has 0 aliphatic carbocycles. The largest absolute Gasteiger partial charge is 0.477 e. The molecule has 0 aliphatic rings. The van der Waals surface area contributed by atoms with Gasteiger partial charge in [-0.3, -0.25) is 4.72 Å². The lowest BCUT2D eigenvalue weighted by atomic mass is 10.3. The van der Waals surface area contributed by atoms with E-state index in [9.17, 15) is 17.6 Å². The smallest absolute Gasteiger partial charge is 0.348 e. The maximum Gasteiger partial charge on any atom is 0.348 e. The highest BCUT2D eigenvalue weighted by atomic mass is 35.5. The molecule has 0 fully saturated rings. The zero-order chi connectivity index (χ0) is 15.8. The first kappa shape index (κ1) is 16.0. The van der Waals surface area contributed by atoms with Gasteiger partial charge in [-0.15, -0.1) is 11.3 Å². The summed E-state index contributed by atoms with van der Waals surface area (Å²) in [6.45, 7) is 0. The first-order valence-electron chi connectivity index (χ1n) is 5.21. The lowest BCUT2D eigenvalue weighted by molar-refractivity contribution is 0.0703. The number of thiophene rings is 1. The maximum atomic E-state index is 13.6. The standard InChI is InChI=1S/C11H6Cl2FNO4S2/c12-5-1-2-7(8(13)9(5)14)21(18,19)15-6-3-4-20-10(6)11(16)17/h1-4,15H,(H,16,17). The molecule has 5 nitrogen and oxygen atoms in total. The van der Waals surface area contributed by atoms with Crippen LogP contribution in [0.4, 0.5) is 10.1 Å². The van der Waals surface area contributed by atoms with Crippen LogP contribution in [0.3, 0.4) is 0 Å². The summed E-state index contributed by atoms with van der Waals surface area (Å²) in [5, 5.41) is 9.35. The van der Waals surface area contributed by atoms with Gasteiger partial charge in [0.1, 0.15) is 9.77 Å². The Bertz CT molecular complexity index is 820. The van der Waals surface area contributed by atoms with E-state index in [4.69, 9.17) is 28.3 Å². The minimum Gasteiger partial charge on any atom is -0.477 e. The number of carboxylic acid groups (broad SMARTS) is 1. The number of aromatic carboxylic acids is 1. The molecular weight excluding hydrogens is 364 g/mol. The Kier molecular flexibility index (Phi) is 4.43. The molecule has 2 aromatic rings. The van der Waals surface area contributed by atoms with Crippen molar-refractivity contribution in [3.8, 4) is 0 Å². The Labute approximate surface area is 133 Å². The summed E-state index contributed by atoms with van der Waals surface area (Å²) in [6.07, 6.45) is 0. The fourth-order valence-corrected chi connectivity index (χ4v) is 4.04. The summed E-state index contributed by atoms with van der Waals surface area (Å²) in [6, 6.07) is 3.36. The lowest BCUT2D eigenvalue weighted by Crippen LogP contribution is -2.15. The third-order valence-electron chi connectivity index (χ3n) is 2.39. The van der Waals surface area contributed by atoms with Crippen LogP contribution in [-0.4, -0.2) is 19.5 Å². The average molecular weight is 370 g/mol. The molecule has 1 heterocycles. The monoisotopic (exact) mass is 369 g/mol. The van der Waals surface area contributed by atoms with Crippen LogP contribution in [0, 0.1) is 5.82 Å². The number of sulfonamides is 1. The molecule has 10 heteroatoms. The topological polar surface area (TPSA) is 83.5 Å². The van der Waals surface area contributed by atoms with Gasteiger partial charge in [-0.1, -0.05) is 23.2 Å². The number of rotatable bonds is 4. The zero-order valence-electron chi connectivity index (χ0n) is 9.93. The van der Waals surface area contributed by atoms with Crippen molar-refractivity contribution in [1.82, 2.24) is 0 Å². The molecule has 112 valence electrons. The van der Waals surface area contributed by atoms with Crippen LogP contribution in [0.1, 0.15) is 9.67 Å². The molecule has 0 radical (unpaired) electrons. The molecule has 0 spiro atoms. The third-order valence-corrected chi connectivity index (χ3v) is 5.48. The average Bonchev–Trinajstić information content (AvgIpc) is 2.83. The van der Waals surface area contributed by atoms with Crippen LogP contribution in [0.5, 0.6) is 0 Å². The van der Waals surface area contributed by atoms with Gasteiger partial charge in [0.15, 0.2) is 5.82 Å². The first-order valence-corrected chi connectivity index (χ1v) is 8.33. The molecule has 0 bridgehead atoms. The summed E-state index contributed by atoms with van der Waals surface area (Å²) < 4.78 is 39.9. The fraction of sp³-hybridized carbons (Fsp3) is 0. The quantitative estimate of drug-likeness (QED) is 0.804. The lowest BCUT2D eigenvalue weighted by Gasteiger charge is -2.10. The molecule has 1 aromatic heterocycles. The Hall–Kier alpha value is -1.35. The van der Waals surface area contributed by atoms with Gasteiger partial charge in [0.05, 0.1) is 15.7 Å². The predicted molar refractivity (Wildman–Crippen MR) is 78.5 cm³/mol. The fourth-order valence-electron chi connectivity index (χ4n) is 1.47. The Morgan fingerprint density at radius 2 is 1.95 bits per heavy atom. The zero-order valence-corrected chi connectivity index (χ0v) is 13.1. The number of carbonyl (C=O) groups is 1. The molecule has 0 unspecified atom stereocenters. The van der Waals surface area contributed by atoms with Crippen LogP contribution in [-0.2, 0) is 10.0 Å². The highest BCUT2D eigenvalue weighted by Crippen LogP contribution is 2.32. The van der Waals surface area contributed by atoms with Crippen LogP contribution >= 0.6 is 34.5 Å². The first-order chi connectivity index (χ1) is 9.74. The predicted octanol–water partition coefficient (Wildman–Crippen LogP) is 3.69. The van der Waals surface area contributed by atoms with E-state index >= 15 is 0 Å². The van der Waals surface area contributed by atoms with Gasteiger partial charge in [-0.25, -0.2) is 17.6 Å². The summed E-state index contributed by atoms with van der Waals surface area (Å²) in [7, 11) is -4.25. The normalized spacial score (nSPS) is 11.4. The van der Waals surface area contributed by atoms with Crippen molar-refractivity contribution in [2.24, 2.45) is 0 Å². The van der Waals surface area contributed by atoms with Crippen LogP contribution < -0.4 is 4.72 Å². The minimum atomic E-state index is -4.25. The minimum absolute atomic E-state index is 0.126. The van der Waals surface area contributed by atoms with Gasteiger partial charge < -0.3 is 5.11 Å². The van der Waals surface area contributed by atoms with Gasteiger partial charge in [-0.05, 0) is 23.6 Å². The number of anilines is 1. The van der Waals surface area contributed by atoms with Gasteiger partial charge in [-0.2, -0.15) is 0 Å². The Balaban J connectivity index is 2.46. The second-order valence-electron chi connectivity index (χ2n) is 3.75. The molecular formula is C11H6Cl2FNO4S2. The highest BCUT2D eigenvalue weighted by molar-refractivity contribution is 7.92. The van der Waals surface area contributed by atoms with Gasteiger partial charge in [0.2, 0.25) is 0 Å². The van der Waals surface area contributed by atoms with E-state index < -0.39 is 31.7 Å². The van der Waals surface area contributed by atoms with Crippen molar-refractivity contribution in [2.45, 2.75) is 4.90 Å². The van der Waals surface area contributed by atoms with E-state index in [-0.39, 0.29) is 15.6 Å². The summed E-state index contributed by atoms with van der Waals surface area (Å²) in [5.74, 6) is -2.35. The molecule has 0 amide bonds. The van der Waals surface area contributed by atoms with E-state index in [1.54, 1.807) is 0 Å². The van der Waals surface area contributed by atoms with E-state index in [2.05, 4.69) is 4.72 Å². The van der Waals surface area contributed by atoms with Crippen molar-refractivity contribution in [3.63, 3.8) is 0 Å². The Morgan fingerprint density at radius 1 is 1.29 bits per heavy atom. The van der Waals surface area contributed by atoms with E-state index in [1.807, 2.05) is 0 Å². The number of benzene rings is 1. The molecule has 2 N–H and O–H groups in total. The summed E-state index contributed by atoms with van der Waals surface area (Å²) in [4.78, 5) is 10.2. The molecule has 0 saturated carbocycles. The van der Waals surface area contributed by atoms with Gasteiger partial charge in [0.25, 0.3) is 10.0 Å². The third kappa shape index (κ3) is 3.13.